The SMILES string of the molecule is Cc1sc2ncnc(SCCC(=O)NCc3ccc(S(N)(=O)=O)cc3)c2c1C. The maximum Gasteiger partial charge on any atom is 0.238 e. The number of amides is 1. The first-order valence-corrected chi connectivity index (χ1v) is 11.8. The fourth-order valence-electron chi connectivity index (χ4n) is 2.59. The van der Waals surface area contributed by atoms with Gasteiger partial charge >= 0.3 is 0 Å². The van der Waals surface area contributed by atoms with Gasteiger partial charge in [-0.05, 0) is 37.1 Å². The minimum Gasteiger partial charge on any atom is -0.352 e. The van der Waals surface area contributed by atoms with Gasteiger partial charge in [-0.25, -0.2) is 23.5 Å². The molecule has 0 radical (unpaired) electrons. The van der Waals surface area contributed by atoms with E-state index in [0.717, 1.165) is 20.8 Å². The Balaban J connectivity index is 1.51. The van der Waals surface area contributed by atoms with Crippen LogP contribution in [0.1, 0.15) is 22.4 Å². The molecule has 0 aliphatic carbocycles. The maximum atomic E-state index is 12.1. The first-order chi connectivity index (χ1) is 13.3. The number of aromatic nitrogens is 2. The number of aryl methyl sites for hydroxylation is 2. The number of nitrogens with zero attached hydrogens (tertiary/aromatic N) is 2. The molecule has 0 spiro atoms. The summed E-state index contributed by atoms with van der Waals surface area (Å²) in [4.78, 5) is 23.0. The molecule has 7 nitrogen and oxygen atoms in total. The van der Waals surface area contributed by atoms with Crippen molar-refractivity contribution in [3.05, 3.63) is 46.6 Å². The number of carbonyl (C=O) groups excluding carboxylic acids is 1. The van der Waals surface area contributed by atoms with E-state index in [1.807, 2.05) is 0 Å². The number of sulfonamides is 1. The molecule has 28 heavy (non-hydrogen) atoms. The van der Waals surface area contributed by atoms with Gasteiger partial charge in [-0.1, -0.05) is 12.1 Å². The Hall–Kier alpha value is -2.01. The average molecular weight is 437 g/mol. The van der Waals surface area contributed by atoms with Crippen molar-refractivity contribution in [3.63, 3.8) is 0 Å². The number of hydrogen-bond donors (Lipinski definition) is 2. The summed E-state index contributed by atoms with van der Waals surface area (Å²) in [6.07, 6.45) is 1.92. The second-order valence-corrected chi connectivity index (χ2v) is 10.1. The van der Waals surface area contributed by atoms with Gasteiger partial charge in [-0.15, -0.1) is 23.1 Å². The van der Waals surface area contributed by atoms with Crippen LogP contribution < -0.4 is 10.5 Å². The molecule has 2 aromatic heterocycles. The second kappa shape index (κ2) is 8.56. The summed E-state index contributed by atoms with van der Waals surface area (Å²) in [7, 11) is -3.71. The van der Waals surface area contributed by atoms with E-state index in [0.29, 0.717) is 18.7 Å². The van der Waals surface area contributed by atoms with E-state index in [1.54, 1.807) is 41.6 Å². The molecule has 1 amide bonds. The summed E-state index contributed by atoms with van der Waals surface area (Å²) in [5.41, 5.74) is 1.99. The molecule has 0 unspecified atom stereocenters. The van der Waals surface area contributed by atoms with E-state index < -0.39 is 10.0 Å². The molecular formula is C18H20N4O3S3. The van der Waals surface area contributed by atoms with Crippen LogP contribution in [-0.2, 0) is 21.4 Å². The monoisotopic (exact) mass is 436 g/mol. The maximum absolute atomic E-state index is 12.1. The summed E-state index contributed by atoms with van der Waals surface area (Å²) in [6, 6.07) is 6.12. The Bertz CT molecular complexity index is 1110. The quantitative estimate of drug-likeness (QED) is 0.435. The lowest BCUT2D eigenvalue weighted by molar-refractivity contribution is -0.120. The highest BCUT2D eigenvalue weighted by molar-refractivity contribution is 7.99. The molecule has 2 heterocycles. The van der Waals surface area contributed by atoms with Gasteiger partial charge in [0, 0.05) is 29.0 Å². The molecule has 148 valence electrons. The molecule has 0 bridgehead atoms. The minimum absolute atomic E-state index is 0.0501. The van der Waals surface area contributed by atoms with E-state index in [9.17, 15) is 13.2 Å². The van der Waals surface area contributed by atoms with Gasteiger partial charge in [0.15, 0.2) is 0 Å². The first-order valence-electron chi connectivity index (χ1n) is 8.47. The number of benzene rings is 1. The zero-order valence-electron chi connectivity index (χ0n) is 15.4. The van der Waals surface area contributed by atoms with Crippen LogP contribution in [-0.4, -0.2) is 30.0 Å². The summed E-state index contributed by atoms with van der Waals surface area (Å²) in [5, 5.41) is 9.88. The first kappa shape index (κ1) is 20.7. The van der Waals surface area contributed by atoms with E-state index >= 15 is 0 Å². The van der Waals surface area contributed by atoms with Gasteiger partial charge in [-0.3, -0.25) is 4.79 Å². The van der Waals surface area contributed by atoms with Crippen molar-refractivity contribution in [3.8, 4) is 0 Å². The summed E-state index contributed by atoms with van der Waals surface area (Å²) in [5.74, 6) is 0.530. The molecule has 3 N–H and O–H groups in total. The van der Waals surface area contributed by atoms with E-state index in [2.05, 4.69) is 29.1 Å². The third kappa shape index (κ3) is 4.88. The summed E-state index contributed by atoms with van der Waals surface area (Å²) < 4.78 is 22.5. The normalized spacial score (nSPS) is 11.7. The number of rotatable bonds is 7. The van der Waals surface area contributed by atoms with Crippen molar-refractivity contribution in [2.24, 2.45) is 5.14 Å². The molecule has 3 aromatic rings. The number of thioether (sulfide) groups is 1. The van der Waals surface area contributed by atoms with Crippen molar-refractivity contribution >= 4 is 49.2 Å². The number of fused-ring (bicyclic) bond motifs is 1. The summed E-state index contributed by atoms with van der Waals surface area (Å²) >= 11 is 3.20. The van der Waals surface area contributed by atoms with Crippen LogP contribution >= 0.6 is 23.1 Å². The van der Waals surface area contributed by atoms with Crippen LogP contribution in [0.25, 0.3) is 10.2 Å². The van der Waals surface area contributed by atoms with Crippen molar-refractivity contribution in [2.75, 3.05) is 5.75 Å². The zero-order valence-corrected chi connectivity index (χ0v) is 17.9. The highest BCUT2D eigenvalue weighted by atomic mass is 32.2. The van der Waals surface area contributed by atoms with Crippen LogP contribution in [0.2, 0.25) is 0 Å². The Morgan fingerprint density at radius 3 is 2.61 bits per heavy atom. The topological polar surface area (TPSA) is 115 Å². The second-order valence-electron chi connectivity index (χ2n) is 6.21. The van der Waals surface area contributed by atoms with Gasteiger partial charge in [-0.2, -0.15) is 0 Å². The predicted octanol–water partition coefficient (Wildman–Crippen LogP) is 2.75. The Morgan fingerprint density at radius 1 is 1.21 bits per heavy atom. The van der Waals surface area contributed by atoms with E-state index in [4.69, 9.17) is 5.14 Å². The molecule has 0 atom stereocenters. The van der Waals surface area contributed by atoms with Crippen molar-refractivity contribution < 1.29 is 13.2 Å². The number of primary sulfonamides is 1. The lowest BCUT2D eigenvalue weighted by Gasteiger charge is -2.07. The van der Waals surface area contributed by atoms with E-state index in [1.165, 1.54) is 22.6 Å². The Labute approximate surface area is 171 Å². The van der Waals surface area contributed by atoms with Crippen LogP contribution in [0.5, 0.6) is 0 Å². The van der Waals surface area contributed by atoms with Crippen molar-refractivity contribution in [1.29, 1.82) is 0 Å². The average Bonchev–Trinajstić information content (AvgIpc) is 2.94. The highest BCUT2D eigenvalue weighted by Crippen LogP contribution is 2.34. The van der Waals surface area contributed by atoms with Gasteiger partial charge in [0.2, 0.25) is 15.9 Å². The largest absolute Gasteiger partial charge is 0.352 e. The number of carbonyl (C=O) groups is 1. The van der Waals surface area contributed by atoms with Gasteiger partial charge in [0.25, 0.3) is 0 Å². The van der Waals surface area contributed by atoms with Crippen molar-refractivity contribution in [2.45, 2.75) is 36.7 Å². The highest BCUT2D eigenvalue weighted by Gasteiger charge is 2.13. The number of nitrogens with two attached hydrogens (primary N) is 1. The Kier molecular flexibility index (Phi) is 6.33. The lowest BCUT2D eigenvalue weighted by atomic mass is 10.2. The third-order valence-electron chi connectivity index (χ3n) is 4.24. The minimum atomic E-state index is -3.71. The predicted molar refractivity (Wildman–Crippen MR) is 112 cm³/mol. The summed E-state index contributed by atoms with van der Waals surface area (Å²) in [6.45, 7) is 4.46. The molecule has 0 saturated heterocycles. The number of nitrogens with one attached hydrogen (secondary N) is 1. The van der Waals surface area contributed by atoms with Gasteiger partial charge in [0.05, 0.1) is 4.90 Å². The fourth-order valence-corrected chi connectivity index (χ4v) is 5.16. The van der Waals surface area contributed by atoms with Crippen LogP contribution in [0.3, 0.4) is 0 Å². The zero-order chi connectivity index (χ0) is 20.3. The number of hydrogen-bond acceptors (Lipinski definition) is 7. The molecule has 10 heteroatoms. The van der Waals surface area contributed by atoms with Crippen LogP contribution in [0.15, 0.2) is 40.5 Å². The van der Waals surface area contributed by atoms with Crippen LogP contribution in [0, 0.1) is 13.8 Å². The van der Waals surface area contributed by atoms with Gasteiger partial charge in [0.1, 0.15) is 16.2 Å². The molecule has 0 aliphatic rings. The number of thiophene rings is 1. The fraction of sp³-hybridized carbons (Fsp3) is 0.278. The molecular weight excluding hydrogens is 416 g/mol. The lowest BCUT2D eigenvalue weighted by Crippen LogP contribution is -2.23. The molecule has 3 rings (SSSR count). The standard InChI is InChI=1S/C18H20N4O3S3/c1-11-12(2)27-18-16(11)17(21-10-22-18)26-8-7-15(23)20-9-13-3-5-14(6-4-13)28(19,24)25/h3-6,10H,7-9H2,1-2H3,(H,20,23)(H2,19,24,25). The van der Waals surface area contributed by atoms with Gasteiger partial charge < -0.3 is 5.32 Å². The molecule has 1 aromatic carbocycles. The molecule has 0 saturated carbocycles. The smallest absolute Gasteiger partial charge is 0.238 e. The van der Waals surface area contributed by atoms with Crippen LogP contribution in [0.4, 0.5) is 0 Å². The third-order valence-corrected chi connectivity index (χ3v) is 7.28. The molecule has 0 aliphatic heterocycles. The molecule has 0 fully saturated rings. The van der Waals surface area contributed by atoms with Crippen molar-refractivity contribution in [1.82, 2.24) is 15.3 Å². The Morgan fingerprint density at radius 2 is 1.93 bits per heavy atom. The van der Waals surface area contributed by atoms with E-state index in [-0.39, 0.29) is 10.8 Å².